The second kappa shape index (κ2) is 12.1. The Balaban J connectivity index is 0.000000253. The molecular formula is C14H16Cl2O2. The van der Waals surface area contributed by atoms with Gasteiger partial charge in [-0.05, 0) is 24.3 Å². The lowest BCUT2D eigenvalue weighted by atomic mass is 10.3. The summed E-state index contributed by atoms with van der Waals surface area (Å²) in [6, 6.07) is 17.4. The lowest BCUT2D eigenvalue weighted by molar-refractivity contribution is 0.475. The van der Waals surface area contributed by atoms with Gasteiger partial charge >= 0.3 is 0 Å². The average molecular weight is 287 g/mol. The fraction of sp³-hybridized carbons (Fsp3) is 0.143. The van der Waals surface area contributed by atoms with Gasteiger partial charge in [0.25, 0.3) is 0 Å². The fourth-order valence-corrected chi connectivity index (χ4v) is 0.856. The van der Waals surface area contributed by atoms with Crippen LogP contribution in [0.1, 0.15) is 0 Å². The third-order valence-corrected chi connectivity index (χ3v) is 2.16. The molecule has 2 nitrogen and oxygen atoms in total. The van der Waals surface area contributed by atoms with Gasteiger partial charge in [-0.15, -0.1) is 23.2 Å². The zero-order chi connectivity index (χ0) is 13.6. The van der Waals surface area contributed by atoms with Crippen molar-refractivity contribution in [2.24, 2.45) is 0 Å². The molecule has 0 saturated heterocycles. The van der Waals surface area contributed by atoms with Gasteiger partial charge in [0.05, 0.1) is 0 Å². The standard InChI is InChI=1S/2C6H6O.C2H4Cl2/c2*7-6-4-2-1-3-5-6;3-1-2-4/h2*1-5,7H;1-2H2. The van der Waals surface area contributed by atoms with Crippen LogP contribution >= 0.6 is 23.2 Å². The summed E-state index contributed by atoms with van der Waals surface area (Å²) in [5, 5.41) is 17.3. The van der Waals surface area contributed by atoms with E-state index in [0.717, 1.165) is 0 Å². The first-order valence-electron chi connectivity index (χ1n) is 5.30. The molecule has 0 heterocycles. The maximum atomic E-state index is 8.63. The van der Waals surface area contributed by atoms with Gasteiger partial charge in [-0.3, -0.25) is 0 Å². The van der Waals surface area contributed by atoms with Crippen LogP contribution in [0.4, 0.5) is 0 Å². The van der Waals surface area contributed by atoms with Gasteiger partial charge in [0.15, 0.2) is 0 Å². The number of hydrogen-bond donors (Lipinski definition) is 2. The number of hydrogen-bond acceptors (Lipinski definition) is 2. The molecule has 4 heteroatoms. The highest BCUT2D eigenvalue weighted by Crippen LogP contribution is 2.03. The normalized spacial score (nSPS) is 8.33. The molecule has 0 aliphatic heterocycles. The highest BCUT2D eigenvalue weighted by atomic mass is 35.5. The SMILES string of the molecule is ClCCCl.Oc1ccccc1.Oc1ccccc1. The topological polar surface area (TPSA) is 40.5 Å². The number of benzene rings is 2. The van der Waals surface area contributed by atoms with Gasteiger partial charge in [-0.1, -0.05) is 36.4 Å². The first-order valence-corrected chi connectivity index (χ1v) is 6.37. The molecule has 2 N–H and O–H groups in total. The minimum Gasteiger partial charge on any atom is -0.508 e. The van der Waals surface area contributed by atoms with Crippen molar-refractivity contribution in [1.29, 1.82) is 0 Å². The highest BCUT2D eigenvalue weighted by Gasteiger charge is 1.75. The van der Waals surface area contributed by atoms with Crippen molar-refractivity contribution >= 4 is 23.2 Å². The van der Waals surface area contributed by atoms with E-state index in [4.69, 9.17) is 33.4 Å². The summed E-state index contributed by atoms with van der Waals surface area (Å²) in [7, 11) is 0. The van der Waals surface area contributed by atoms with E-state index in [9.17, 15) is 0 Å². The van der Waals surface area contributed by atoms with Crippen molar-refractivity contribution in [3.8, 4) is 11.5 Å². The Morgan fingerprint density at radius 1 is 0.611 bits per heavy atom. The van der Waals surface area contributed by atoms with Crippen LogP contribution in [0.5, 0.6) is 11.5 Å². The molecule has 0 spiro atoms. The van der Waals surface area contributed by atoms with Gasteiger partial charge < -0.3 is 10.2 Å². The summed E-state index contributed by atoms with van der Waals surface area (Å²) in [5.41, 5.74) is 0. The number of phenolic OH excluding ortho intramolecular Hbond substituents is 2. The van der Waals surface area contributed by atoms with Gasteiger partial charge in [0.2, 0.25) is 0 Å². The first-order chi connectivity index (χ1) is 8.70. The Morgan fingerprint density at radius 2 is 0.889 bits per heavy atom. The van der Waals surface area contributed by atoms with E-state index in [-0.39, 0.29) is 0 Å². The van der Waals surface area contributed by atoms with Crippen LogP contribution in [0.2, 0.25) is 0 Å². The number of halogens is 2. The number of aromatic hydroxyl groups is 2. The van der Waals surface area contributed by atoms with Gasteiger partial charge in [0.1, 0.15) is 11.5 Å². The van der Waals surface area contributed by atoms with Crippen molar-refractivity contribution in [3.05, 3.63) is 60.7 Å². The van der Waals surface area contributed by atoms with Crippen molar-refractivity contribution in [3.63, 3.8) is 0 Å². The molecular weight excluding hydrogens is 271 g/mol. The first kappa shape index (κ1) is 16.6. The summed E-state index contributed by atoms with van der Waals surface area (Å²) in [6.07, 6.45) is 0. The monoisotopic (exact) mass is 286 g/mol. The maximum Gasteiger partial charge on any atom is 0.115 e. The quantitative estimate of drug-likeness (QED) is 0.770. The molecule has 0 aromatic heterocycles. The van der Waals surface area contributed by atoms with Crippen molar-refractivity contribution < 1.29 is 10.2 Å². The molecule has 2 aromatic rings. The smallest absolute Gasteiger partial charge is 0.115 e. The van der Waals surface area contributed by atoms with E-state index >= 15 is 0 Å². The molecule has 18 heavy (non-hydrogen) atoms. The number of rotatable bonds is 1. The summed E-state index contributed by atoms with van der Waals surface area (Å²) >= 11 is 10.1. The van der Waals surface area contributed by atoms with E-state index < -0.39 is 0 Å². The maximum absolute atomic E-state index is 8.63. The molecule has 0 atom stereocenters. The summed E-state index contributed by atoms with van der Waals surface area (Å²) in [5.74, 6) is 1.76. The molecule has 2 aromatic carbocycles. The van der Waals surface area contributed by atoms with Crippen LogP contribution in [-0.4, -0.2) is 22.0 Å². The average Bonchev–Trinajstić information content (AvgIpc) is 2.41. The zero-order valence-electron chi connectivity index (χ0n) is 9.84. The molecule has 0 fully saturated rings. The van der Waals surface area contributed by atoms with Crippen LogP contribution in [0.15, 0.2) is 60.7 Å². The lowest BCUT2D eigenvalue weighted by Gasteiger charge is -1.82. The molecule has 0 unspecified atom stereocenters. The number of alkyl halides is 2. The summed E-state index contributed by atoms with van der Waals surface area (Å²) < 4.78 is 0. The molecule has 0 aliphatic rings. The van der Waals surface area contributed by atoms with Crippen LogP contribution in [-0.2, 0) is 0 Å². The van der Waals surface area contributed by atoms with Crippen molar-refractivity contribution in [2.75, 3.05) is 11.8 Å². The Labute approximate surface area is 117 Å². The van der Waals surface area contributed by atoms with Crippen LogP contribution in [0, 0.1) is 0 Å². The van der Waals surface area contributed by atoms with Crippen molar-refractivity contribution in [2.45, 2.75) is 0 Å². The summed E-state index contributed by atoms with van der Waals surface area (Å²) in [6.45, 7) is 0. The van der Waals surface area contributed by atoms with Crippen LogP contribution in [0.25, 0.3) is 0 Å². The van der Waals surface area contributed by atoms with Gasteiger partial charge in [-0.25, -0.2) is 0 Å². The van der Waals surface area contributed by atoms with Gasteiger partial charge in [-0.2, -0.15) is 0 Å². The predicted molar refractivity (Wildman–Crippen MR) is 77.7 cm³/mol. The van der Waals surface area contributed by atoms with E-state index in [2.05, 4.69) is 0 Å². The predicted octanol–water partition coefficient (Wildman–Crippen LogP) is 4.25. The van der Waals surface area contributed by atoms with E-state index in [1.807, 2.05) is 12.1 Å². The fourth-order valence-electron chi connectivity index (χ4n) is 0.856. The Bertz CT molecular complexity index is 340. The molecule has 0 aliphatic carbocycles. The Morgan fingerprint density at radius 3 is 1.00 bits per heavy atom. The third-order valence-electron chi connectivity index (χ3n) is 1.58. The highest BCUT2D eigenvalue weighted by molar-refractivity contribution is 6.25. The molecule has 2 rings (SSSR count). The van der Waals surface area contributed by atoms with Crippen LogP contribution in [0.3, 0.4) is 0 Å². The van der Waals surface area contributed by atoms with Gasteiger partial charge in [0, 0.05) is 11.8 Å². The Kier molecular flexibility index (Phi) is 11.2. The van der Waals surface area contributed by atoms with Crippen LogP contribution < -0.4 is 0 Å². The molecule has 98 valence electrons. The minimum absolute atomic E-state index is 0.322. The molecule has 0 radical (unpaired) electrons. The number of para-hydroxylation sites is 2. The second-order valence-corrected chi connectivity index (χ2v) is 3.80. The second-order valence-electron chi connectivity index (χ2n) is 3.05. The molecule has 0 saturated carbocycles. The number of phenols is 2. The zero-order valence-corrected chi connectivity index (χ0v) is 11.3. The summed E-state index contributed by atoms with van der Waals surface area (Å²) in [4.78, 5) is 0. The Hall–Kier alpha value is -1.38. The lowest BCUT2D eigenvalue weighted by Crippen LogP contribution is -1.63. The minimum atomic E-state index is 0.322. The molecule has 0 amide bonds. The van der Waals surface area contributed by atoms with E-state index in [1.165, 1.54) is 0 Å². The largest absolute Gasteiger partial charge is 0.508 e. The third kappa shape index (κ3) is 11.1. The molecule has 0 bridgehead atoms. The van der Waals surface area contributed by atoms with Crippen molar-refractivity contribution in [1.82, 2.24) is 0 Å². The van der Waals surface area contributed by atoms with E-state index in [1.54, 1.807) is 48.5 Å². The van der Waals surface area contributed by atoms with E-state index in [0.29, 0.717) is 23.3 Å².